The molecular weight excluding hydrogens is 196 g/mol. The Balaban J connectivity index is 2.65. The third-order valence-corrected chi connectivity index (χ3v) is 3.45. The van der Waals surface area contributed by atoms with E-state index in [4.69, 9.17) is 5.73 Å². The van der Waals surface area contributed by atoms with Gasteiger partial charge in [-0.1, -0.05) is 33.8 Å². The van der Waals surface area contributed by atoms with Gasteiger partial charge in [-0.15, -0.1) is 0 Å². The lowest BCUT2D eigenvalue weighted by molar-refractivity contribution is 0.274. The van der Waals surface area contributed by atoms with Crippen LogP contribution in [0.4, 0.5) is 11.4 Å². The molecule has 0 saturated heterocycles. The molecule has 0 aliphatic carbocycles. The SMILES string of the molecule is Cc1c(N)cccc1NCC(C)C(C)(C)C. The molecule has 0 heterocycles. The Labute approximate surface area is 99.2 Å². The molecule has 16 heavy (non-hydrogen) atoms. The maximum atomic E-state index is 5.87. The van der Waals surface area contributed by atoms with Gasteiger partial charge in [-0.2, -0.15) is 0 Å². The first-order valence-electron chi connectivity index (χ1n) is 5.91. The molecule has 0 spiro atoms. The van der Waals surface area contributed by atoms with Crippen molar-refractivity contribution < 1.29 is 0 Å². The molecule has 0 bridgehead atoms. The van der Waals surface area contributed by atoms with Gasteiger partial charge >= 0.3 is 0 Å². The molecule has 1 aromatic rings. The second kappa shape index (κ2) is 4.77. The van der Waals surface area contributed by atoms with Gasteiger partial charge in [0.25, 0.3) is 0 Å². The largest absolute Gasteiger partial charge is 0.398 e. The third-order valence-electron chi connectivity index (χ3n) is 3.45. The summed E-state index contributed by atoms with van der Waals surface area (Å²) in [5, 5.41) is 3.48. The second-order valence-electron chi connectivity index (χ2n) is 5.67. The van der Waals surface area contributed by atoms with Crippen LogP contribution in [0.3, 0.4) is 0 Å². The molecular formula is C14H24N2. The Bertz CT molecular complexity index is 350. The number of nitrogens with two attached hydrogens (primary N) is 1. The van der Waals surface area contributed by atoms with E-state index in [0.29, 0.717) is 11.3 Å². The quantitative estimate of drug-likeness (QED) is 0.763. The molecule has 0 radical (unpaired) electrons. The molecule has 0 aliphatic heterocycles. The zero-order chi connectivity index (χ0) is 12.3. The standard InChI is InChI=1S/C14H24N2/c1-10(14(3,4)5)9-16-13-8-6-7-12(15)11(13)2/h6-8,10,16H,9,15H2,1-5H3. The van der Waals surface area contributed by atoms with Gasteiger partial charge in [-0.25, -0.2) is 0 Å². The van der Waals surface area contributed by atoms with E-state index in [1.807, 2.05) is 12.1 Å². The molecule has 0 amide bonds. The predicted octanol–water partition coefficient (Wildman–Crippen LogP) is 3.67. The van der Waals surface area contributed by atoms with E-state index in [1.165, 1.54) is 0 Å². The number of benzene rings is 1. The van der Waals surface area contributed by atoms with Gasteiger partial charge in [0.1, 0.15) is 0 Å². The first-order chi connectivity index (χ1) is 7.32. The summed E-state index contributed by atoms with van der Waals surface area (Å²) >= 11 is 0. The molecule has 2 nitrogen and oxygen atoms in total. The second-order valence-corrected chi connectivity index (χ2v) is 5.67. The third kappa shape index (κ3) is 3.16. The Morgan fingerprint density at radius 3 is 2.50 bits per heavy atom. The molecule has 0 aliphatic rings. The summed E-state index contributed by atoms with van der Waals surface area (Å²) in [6, 6.07) is 6.02. The molecule has 3 N–H and O–H groups in total. The number of nitrogens with one attached hydrogen (secondary N) is 1. The maximum Gasteiger partial charge on any atom is 0.0390 e. The Hall–Kier alpha value is -1.18. The number of rotatable bonds is 3. The van der Waals surface area contributed by atoms with E-state index in [2.05, 4.69) is 46.0 Å². The van der Waals surface area contributed by atoms with Gasteiger partial charge < -0.3 is 11.1 Å². The highest BCUT2D eigenvalue weighted by Gasteiger charge is 2.19. The van der Waals surface area contributed by atoms with Gasteiger partial charge in [-0.3, -0.25) is 0 Å². The fraction of sp³-hybridized carbons (Fsp3) is 0.571. The average Bonchev–Trinajstić information content (AvgIpc) is 2.18. The van der Waals surface area contributed by atoms with Gasteiger partial charge in [0.2, 0.25) is 0 Å². The van der Waals surface area contributed by atoms with E-state index in [9.17, 15) is 0 Å². The highest BCUT2D eigenvalue weighted by atomic mass is 14.9. The number of hydrogen-bond acceptors (Lipinski definition) is 2. The summed E-state index contributed by atoms with van der Waals surface area (Å²) in [7, 11) is 0. The molecule has 1 unspecified atom stereocenters. The van der Waals surface area contributed by atoms with Crippen LogP contribution in [0, 0.1) is 18.3 Å². The van der Waals surface area contributed by atoms with Crippen molar-refractivity contribution in [1.82, 2.24) is 0 Å². The molecule has 90 valence electrons. The Morgan fingerprint density at radius 2 is 1.94 bits per heavy atom. The minimum absolute atomic E-state index is 0.335. The summed E-state index contributed by atoms with van der Waals surface area (Å²) in [5.41, 5.74) is 9.35. The molecule has 0 saturated carbocycles. The van der Waals surface area contributed by atoms with Crippen LogP contribution in [0.1, 0.15) is 33.3 Å². The fourth-order valence-corrected chi connectivity index (χ4v) is 1.41. The van der Waals surface area contributed by atoms with Gasteiger partial charge in [-0.05, 0) is 36.0 Å². The molecule has 2 heteroatoms. The minimum atomic E-state index is 0.335. The Morgan fingerprint density at radius 1 is 1.31 bits per heavy atom. The lowest BCUT2D eigenvalue weighted by Gasteiger charge is -2.28. The van der Waals surface area contributed by atoms with Crippen molar-refractivity contribution in [1.29, 1.82) is 0 Å². The lowest BCUT2D eigenvalue weighted by Crippen LogP contribution is -2.25. The van der Waals surface area contributed by atoms with Crippen molar-refractivity contribution in [2.45, 2.75) is 34.6 Å². The summed E-state index contributed by atoms with van der Waals surface area (Å²) in [4.78, 5) is 0. The lowest BCUT2D eigenvalue weighted by atomic mass is 9.82. The molecule has 1 rings (SSSR count). The average molecular weight is 220 g/mol. The maximum absolute atomic E-state index is 5.87. The number of anilines is 2. The monoisotopic (exact) mass is 220 g/mol. The van der Waals surface area contributed by atoms with E-state index in [1.54, 1.807) is 0 Å². The van der Waals surface area contributed by atoms with Gasteiger partial charge in [0.15, 0.2) is 0 Å². The van der Waals surface area contributed by atoms with Gasteiger partial charge in [0.05, 0.1) is 0 Å². The molecule has 1 aromatic carbocycles. The highest BCUT2D eigenvalue weighted by Crippen LogP contribution is 2.27. The van der Waals surface area contributed by atoms with Crippen LogP contribution < -0.4 is 11.1 Å². The van der Waals surface area contributed by atoms with Crippen LogP contribution >= 0.6 is 0 Å². The fourth-order valence-electron chi connectivity index (χ4n) is 1.41. The first kappa shape index (κ1) is 12.9. The van der Waals surface area contributed by atoms with Crippen molar-refractivity contribution in [3.63, 3.8) is 0 Å². The van der Waals surface area contributed by atoms with Crippen LogP contribution in [0.25, 0.3) is 0 Å². The van der Waals surface area contributed by atoms with Crippen LogP contribution in [0.5, 0.6) is 0 Å². The van der Waals surface area contributed by atoms with Gasteiger partial charge in [0, 0.05) is 17.9 Å². The first-order valence-corrected chi connectivity index (χ1v) is 5.91. The molecule has 0 aromatic heterocycles. The molecule has 1 atom stereocenters. The van der Waals surface area contributed by atoms with Crippen LogP contribution in [-0.4, -0.2) is 6.54 Å². The van der Waals surface area contributed by atoms with Crippen molar-refractivity contribution in [2.24, 2.45) is 11.3 Å². The topological polar surface area (TPSA) is 38.0 Å². The highest BCUT2D eigenvalue weighted by molar-refractivity contribution is 5.62. The number of nitrogen functional groups attached to an aromatic ring is 1. The zero-order valence-electron chi connectivity index (χ0n) is 11.1. The zero-order valence-corrected chi connectivity index (χ0v) is 11.1. The van der Waals surface area contributed by atoms with Crippen molar-refractivity contribution in [2.75, 3.05) is 17.6 Å². The summed E-state index contributed by atoms with van der Waals surface area (Å²) in [6.45, 7) is 12.1. The molecule has 0 fully saturated rings. The van der Waals surface area contributed by atoms with E-state index >= 15 is 0 Å². The van der Waals surface area contributed by atoms with E-state index in [-0.39, 0.29) is 0 Å². The summed E-state index contributed by atoms with van der Waals surface area (Å²) in [5.74, 6) is 0.619. The van der Waals surface area contributed by atoms with Crippen LogP contribution in [0.2, 0.25) is 0 Å². The Kier molecular flexibility index (Phi) is 3.84. The summed E-state index contributed by atoms with van der Waals surface area (Å²) in [6.07, 6.45) is 0. The summed E-state index contributed by atoms with van der Waals surface area (Å²) < 4.78 is 0. The number of hydrogen-bond donors (Lipinski definition) is 2. The van der Waals surface area contributed by atoms with Crippen LogP contribution in [-0.2, 0) is 0 Å². The van der Waals surface area contributed by atoms with E-state index < -0.39 is 0 Å². The van der Waals surface area contributed by atoms with Crippen LogP contribution in [0.15, 0.2) is 18.2 Å². The normalized spacial score (nSPS) is 13.6. The van der Waals surface area contributed by atoms with Crippen molar-refractivity contribution >= 4 is 11.4 Å². The van der Waals surface area contributed by atoms with Crippen molar-refractivity contribution in [3.05, 3.63) is 23.8 Å². The minimum Gasteiger partial charge on any atom is -0.398 e. The van der Waals surface area contributed by atoms with Crippen molar-refractivity contribution in [3.8, 4) is 0 Å². The predicted molar refractivity (Wildman–Crippen MR) is 72.7 cm³/mol. The van der Waals surface area contributed by atoms with E-state index in [0.717, 1.165) is 23.5 Å². The smallest absolute Gasteiger partial charge is 0.0390 e.